The molecule has 0 amide bonds. The maximum absolute atomic E-state index is 2.59. The van der Waals surface area contributed by atoms with E-state index in [1.54, 1.807) is 0 Å². The topological polar surface area (TPSA) is 3.24 Å². The average molecular weight is 233 g/mol. The molecule has 0 aromatic rings. The number of likely N-dealkylation sites (tertiary alicyclic amines) is 1. The molecule has 0 spiro atoms. The van der Waals surface area contributed by atoms with E-state index in [9.17, 15) is 0 Å². The molecule has 0 radical (unpaired) electrons. The highest BCUT2D eigenvalue weighted by molar-refractivity contribution is 5.06. The van der Waals surface area contributed by atoms with Crippen molar-refractivity contribution in [2.75, 3.05) is 19.6 Å². The van der Waals surface area contributed by atoms with Gasteiger partial charge in [0, 0.05) is 0 Å². The summed E-state index contributed by atoms with van der Waals surface area (Å²) in [4.78, 5) is 2.59. The predicted octanol–water partition coefficient (Wildman–Crippen LogP) is 4.19. The molecular formula is C16H27N. The first kappa shape index (κ1) is 14.2. The molecule has 0 saturated carbocycles. The molecule has 1 fully saturated rings. The smallest absolute Gasteiger partial charge is 0.00158 e. The van der Waals surface area contributed by atoms with Gasteiger partial charge in [-0.3, -0.25) is 0 Å². The summed E-state index contributed by atoms with van der Waals surface area (Å²) in [6.07, 6.45) is 18.5. The van der Waals surface area contributed by atoms with Crippen LogP contribution >= 0.6 is 0 Å². The number of hydrogen-bond donors (Lipinski definition) is 0. The Labute approximate surface area is 107 Å². The first-order valence-electron chi connectivity index (χ1n) is 7.01. The Hall–Kier alpha value is -0.820. The molecule has 1 saturated heterocycles. The van der Waals surface area contributed by atoms with Crippen molar-refractivity contribution in [3.63, 3.8) is 0 Å². The van der Waals surface area contributed by atoms with Gasteiger partial charge < -0.3 is 4.90 Å². The van der Waals surface area contributed by atoms with Gasteiger partial charge in [0.1, 0.15) is 0 Å². The molecule has 1 heterocycles. The first-order valence-corrected chi connectivity index (χ1v) is 7.01. The van der Waals surface area contributed by atoms with Gasteiger partial charge >= 0.3 is 0 Å². The lowest BCUT2D eigenvalue weighted by atomic mass is 10.1. The number of rotatable bonds is 7. The molecule has 1 nitrogen and oxygen atoms in total. The Bertz CT molecular complexity index is 257. The third kappa shape index (κ3) is 7.17. The highest BCUT2D eigenvalue weighted by Gasteiger charge is 2.09. The molecule has 1 aliphatic heterocycles. The minimum Gasteiger partial charge on any atom is -0.303 e. The number of nitrogens with zero attached hydrogens (tertiary/aromatic N) is 1. The van der Waals surface area contributed by atoms with Crippen LogP contribution in [0.25, 0.3) is 0 Å². The van der Waals surface area contributed by atoms with Gasteiger partial charge in [-0.05, 0) is 58.2 Å². The summed E-state index contributed by atoms with van der Waals surface area (Å²) in [6, 6.07) is 0. The fourth-order valence-corrected chi connectivity index (χ4v) is 2.16. The third-order valence-corrected chi connectivity index (χ3v) is 3.20. The van der Waals surface area contributed by atoms with E-state index < -0.39 is 0 Å². The van der Waals surface area contributed by atoms with E-state index in [2.05, 4.69) is 48.3 Å². The maximum Gasteiger partial charge on any atom is -0.00158 e. The molecular weight excluding hydrogens is 206 g/mol. The van der Waals surface area contributed by atoms with Crippen molar-refractivity contribution in [1.82, 2.24) is 4.90 Å². The van der Waals surface area contributed by atoms with E-state index in [0.717, 1.165) is 0 Å². The van der Waals surface area contributed by atoms with Gasteiger partial charge in [0.15, 0.2) is 0 Å². The molecule has 0 bridgehead atoms. The molecule has 17 heavy (non-hydrogen) atoms. The van der Waals surface area contributed by atoms with Gasteiger partial charge in [-0.15, -0.1) is 0 Å². The Morgan fingerprint density at radius 3 is 2.59 bits per heavy atom. The lowest BCUT2D eigenvalue weighted by Crippen LogP contribution is -2.19. The molecule has 1 rings (SSSR count). The zero-order valence-electron chi connectivity index (χ0n) is 11.4. The second kappa shape index (κ2) is 9.23. The van der Waals surface area contributed by atoms with Crippen molar-refractivity contribution in [3.8, 4) is 0 Å². The zero-order chi connectivity index (χ0) is 12.3. The molecule has 96 valence electrons. The highest BCUT2D eigenvalue weighted by Crippen LogP contribution is 2.09. The highest BCUT2D eigenvalue weighted by atomic mass is 15.1. The van der Waals surface area contributed by atoms with E-state index in [1.807, 2.05) is 6.92 Å². The summed E-state index contributed by atoms with van der Waals surface area (Å²) in [6.45, 7) is 8.21. The summed E-state index contributed by atoms with van der Waals surface area (Å²) in [5, 5.41) is 0. The molecule has 0 aromatic heterocycles. The van der Waals surface area contributed by atoms with Crippen LogP contribution in [0, 0.1) is 5.92 Å². The Morgan fingerprint density at radius 2 is 1.88 bits per heavy atom. The standard InChI is InChI=1S/C16H27N/c1-3-4-6-11-16(2)12-7-5-8-13-17-14-9-10-15-17/h3-4,6-7,11-12,16H,5,8-10,13-15H2,1-2H3/b4-3-,11-6-,12-7+. The van der Waals surface area contributed by atoms with Crippen molar-refractivity contribution in [3.05, 3.63) is 36.5 Å². The monoisotopic (exact) mass is 233 g/mol. The van der Waals surface area contributed by atoms with Crippen LogP contribution in [0.5, 0.6) is 0 Å². The summed E-state index contributed by atoms with van der Waals surface area (Å²) in [5.74, 6) is 0.554. The lowest BCUT2D eigenvalue weighted by molar-refractivity contribution is 0.335. The molecule has 1 unspecified atom stereocenters. The van der Waals surface area contributed by atoms with E-state index in [-0.39, 0.29) is 0 Å². The van der Waals surface area contributed by atoms with Crippen LogP contribution in [0.1, 0.15) is 39.5 Å². The molecule has 1 heteroatoms. The number of allylic oxidation sites excluding steroid dienone is 6. The van der Waals surface area contributed by atoms with Crippen LogP contribution in [0.3, 0.4) is 0 Å². The summed E-state index contributed by atoms with van der Waals surface area (Å²) >= 11 is 0. The van der Waals surface area contributed by atoms with Crippen molar-refractivity contribution in [2.24, 2.45) is 5.92 Å². The van der Waals surface area contributed by atoms with Gasteiger partial charge in [-0.25, -0.2) is 0 Å². The Morgan fingerprint density at radius 1 is 1.12 bits per heavy atom. The van der Waals surface area contributed by atoms with Crippen LogP contribution in [-0.2, 0) is 0 Å². The average Bonchev–Trinajstić information content (AvgIpc) is 2.82. The maximum atomic E-state index is 2.59. The minimum absolute atomic E-state index is 0.554. The van der Waals surface area contributed by atoms with Gasteiger partial charge in [0.05, 0.1) is 0 Å². The largest absolute Gasteiger partial charge is 0.303 e. The second-order valence-corrected chi connectivity index (χ2v) is 4.89. The molecule has 0 N–H and O–H groups in total. The second-order valence-electron chi connectivity index (χ2n) is 4.89. The Balaban J connectivity index is 2.04. The molecule has 0 aromatic carbocycles. The van der Waals surface area contributed by atoms with Gasteiger partial charge in [0.2, 0.25) is 0 Å². The van der Waals surface area contributed by atoms with Crippen LogP contribution in [0.2, 0.25) is 0 Å². The normalized spacial score (nSPS) is 20.1. The van der Waals surface area contributed by atoms with Crippen LogP contribution < -0.4 is 0 Å². The minimum atomic E-state index is 0.554. The van der Waals surface area contributed by atoms with Crippen LogP contribution in [-0.4, -0.2) is 24.5 Å². The van der Waals surface area contributed by atoms with E-state index >= 15 is 0 Å². The van der Waals surface area contributed by atoms with Crippen molar-refractivity contribution in [2.45, 2.75) is 39.5 Å². The van der Waals surface area contributed by atoms with Crippen molar-refractivity contribution < 1.29 is 0 Å². The van der Waals surface area contributed by atoms with Gasteiger partial charge in [-0.2, -0.15) is 0 Å². The van der Waals surface area contributed by atoms with E-state index in [4.69, 9.17) is 0 Å². The lowest BCUT2D eigenvalue weighted by Gasteiger charge is -2.12. The number of unbranched alkanes of at least 4 members (excludes halogenated alkanes) is 1. The molecule has 0 aliphatic carbocycles. The number of hydrogen-bond acceptors (Lipinski definition) is 1. The predicted molar refractivity (Wildman–Crippen MR) is 77.2 cm³/mol. The molecule has 1 aliphatic rings. The summed E-state index contributed by atoms with van der Waals surface area (Å²) in [7, 11) is 0. The van der Waals surface area contributed by atoms with E-state index in [0.29, 0.717) is 5.92 Å². The quantitative estimate of drug-likeness (QED) is 0.362. The van der Waals surface area contributed by atoms with E-state index in [1.165, 1.54) is 45.3 Å². The molecule has 1 atom stereocenters. The van der Waals surface area contributed by atoms with Gasteiger partial charge in [-0.1, -0.05) is 43.4 Å². The van der Waals surface area contributed by atoms with Crippen LogP contribution in [0.15, 0.2) is 36.5 Å². The zero-order valence-corrected chi connectivity index (χ0v) is 11.4. The fraction of sp³-hybridized carbons (Fsp3) is 0.625. The summed E-state index contributed by atoms with van der Waals surface area (Å²) < 4.78 is 0. The van der Waals surface area contributed by atoms with Crippen molar-refractivity contribution in [1.29, 1.82) is 0 Å². The van der Waals surface area contributed by atoms with Crippen molar-refractivity contribution >= 4 is 0 Å². The first-order chi connectivity index (χ1) is 8.33. The summed E-state index contributed by atoms with van der Waals surface area (Å²) in [5.41, 5.74) is 0. The van der Waals surface area contributed by atoms with Gasteiger partial charge in [0.25, 0.3) is 0 Å². The third-order valence-electron chi connectivity index (χ3n) is 3.20. The van der Waals surface area contributed by atoms with Crippen LogP contribution in [0.4, 0.5) is 0 Å². The fourth-order valence-electron chi connectivity index (χ4n) is 2.16. The Kier molecular flexibility index (Phi) is 7.74. The SMILES string of the molecule is C/C=C\C=C/C(C)/C=C/CCCN1CCCC1.